The Morgan fingerprint density at radius 3 is 1.51 bits per heavy atom. The van der Waals surface area contributed by atoms with Gasteiger partial charge in [0.2, 0.25) is 11.8 Å². The van der Waals surface area contributed by atoms with Crippen molar-refractivity contribution in [3.63, 3.8) is 0 Å². The molecule has 3 heteroatoms. The SMILES string of the molecule is Cc1ccc(C(=C2[C@H]3C=C[C@H]2[C@H]2C(=O)N(c4ccc(-c5ccccc5)cc4)C(=O)[C@H]23)c2ccc(C)cc2)cc1. The number of benzene rings is 4. The fourth-order valence-corrected chi connectivity index (χ4v) is 6.73. The molecule has 1 heterocycles. The highest BCUT2D eigenvalue weighted by molar-refractivity contribution is 6.23. The summed E-state index contributed by atoms with van der Waals surface area (Å²) in [6.07, 6.45) is 4.33. The highest BCUT2D eigenvalue weighted by Crippen LogP contribution is 2.59. The van der Waals surface area contributed by atoms with E-state index in [1.54, 1.807) is 0 Å². The van der Waals surface area contributed by atoms with Crippen molar-refractivity contribution in [3.05, 3.63) is 143 Å². The lowest BCUT2D eigenvalue weighted by atomic mass is 9.85. The lowest BCUT2D eigenvalue weighted by Gasteiger charge is -2.22. The van der Waals surface area contributed by atoms with E-state index in [1.165, 1.54) is 21.6 Å². The molecule has 2 bridgehead atoms. The Labute approximate surface area is 229 Å². The fourth-order valence-electron chi connectivity index (χ4n) is 6.73. The van der Waals surface area contributed by atoms with Crippen molar-refractivity contribution < 1.29 is 9.59 Å². The molecule has 39 heavy (non-hydrogen) atoms. The zero-order valence-electron chi connectivity index (χ0n) is 22.0. The average Bonchev–Trinajstić information content (AvgIpc) is 3.60. The predicted molar refractivity (Wildman–Crippen MR) is 156 cm³/mol. The van der Waals surface area contributed by atoms with Crippen LogP contribution in [-0.2, 0) is 9.59 Å². The van der Waals surface area contributed by atoms with E-state index in [1.807, 2.05) is 42.5 Å². The number of rotatable bonds is 4. The van der Waals surface area contributed by atoms with Gasteiger partial charge in [-0.25, -0.2) is 4.90 Å². The molecule has 2 aliphatic carbocycles. The molecular weight excluding hydrogens is 478 g/mol. The lowest BCUT2D eigenvalue weighted by molar-refractivity contribution is -0.122. The van der Waals surface area contributed by atoms with Crippen molar-refractivity contribution in [3.8, 4) is 11.1 Å². The third-order valence-electron chi connectivity index (χ3n) is 8.62. The second kappa shape index (κ2) is 9.06. The Hall–Kier alpha value is -4.50. The summed E-state index contributed by atoms with van der Waals surface area (Å²) in [4.78, 5) is 29.3. The summed E-state index contributed by atoms with van der Waals surface area (Å²) in [7, 11) is 0. The van der Waals surface area contributed by atoms with E-state index in [0.29, 0.717) is 5.69 Å². The summed E-state index contributed by atoms with van der Waals surface area (Å²) in [5.74, 6) is -1.05. The highest BCUT2D eigenvalue weighted by Gasteiger charge is 2.62. The highest BCUT2D eigenvalue weighted by atomic mass is 16.2. The van der Waals surface area contributed by atoms with Gasteiger partial charge in [0, 0.05) is 11.8 Å². The molecule has 4 atom stereocenters. The van der Waals surface area contributed by atoms with Crippen LogP contribution in [0.25, 0.3) is 16.7 Å². The van der Waals surface area contributed by atoms with Gasteiger partial charge in [-0.2, -0.15) is 0 Å². The van der Waals surface area contributed by atoms with Gasteiger partial charge in [-0.3, -0.25) is 9.59 Å². The number of nitrogens with zero attached hydrogens (tertiary/aromatic N) is 1. The topological polar surface area (TPSA) is 37.4 Å². The van der Waals surface area contributed by atoms with Crippen molar-refractivity contribution in [2.24, 2.45) is 23.7 Å². The van der Waals surface area contributed by atoms with Crippen molar-refractivity contribution in [1.82, 2.24) is 0 Å². The molecule has 4 aromatic carbocycles. The van der Waals surface area contributed by atoms with E-state index < -0.39 is 0 Å². The first-order valence-electron chi connectivity index (χ1n) is 13.6. The molecule has 3 aliphatic rings. The minimum Gasteiger partial charge on any atom is -0.274 e. The quantitative estimate of drug-likeness (QED) is 0.213. The summed E-state index contributed by atoms with van der Waals surface area (Å²) in [5.41, 5.74) is 9.86. The molecule has 0 aromatic heterocycles. The number of carbonyl (C=O) groups excluding carboxylic acids is 2. The monoisotopic (exact) mass is 507 g/mol. The number of anilines is 1. The minimum absolute atomic E-state index is 0.0809. The van der Waals surface area contributed by atoms with Crippen LogP contribution >= 0.6 is 0 Å². The van der Waals surface area contributed by atoms with Crippen molar-refractivity contribution >= 4 is 23.1 Å². The third kappa shape index (κ3) is 3.72. The summed E-state index contributed by atoms with van der Waals surface area (Å²) in [6.45, 7) is 4.18. The average molecular weight is 508 g/mol. The van der Waals surface area contributed by atoms with Crippen molar-refractivity contribution in [1.29, 1.82) is 0 Å². The van der Waals surface area contributed by atoms with Crippen LogP contribution in [-0.4, -0.2) is 11.8 Å². The van der Waals surface area contributed by atoms with Crippen LogP contribution in [0, 0.1) is 37.5 Å². The Kier molecular flexibility index (Phi) is 5.48. The van der Waals surface area contributed by atoms with Gasteiger partial charge in [0.15, 0.2) is 0 Å². The fraction of sp³-hybridized carbons (Fsp3) is 0.167. The van der Waals surface area contributed by atoms with E-state index >= 15 is 0 Å². The Morgan fingerprint density at radius 1 is 0.564 bits per heavy atom. The molecule has 190 valence electrons. The second-order valence-corrected chi connectivity index (χ2v) is 11.0. The Morgan fingerprint density at radius 2 is 1.03 bits per heavy atom. The van der Waals surface area contributed by atoms with Crippen LogP contribution in [0.4, 0.5) is 5.69 Å². The molecule has 3 nitrogen and oxygen atoms in total. The van der Waals surface area contributed by atoms with Gasteiger partial charge in [-0.1, -0.05) is 114 Å². The molecule has 0 unspecified atom stereocenters. The lowest BCUT2D eigenvalue weighted by Crippen LogP contribution is -2.33. The number of fused-ring (bicyclic) bond motifs is 5. The number of imide groups is 1. The standard InChI is InChI=1S/C36H29NO2/c1-22-8-12-26(13-9-22)31(27-14-10-23(2)11-15-27)32-29-20-21-30(32)34-33(29)35(38)37(36(34)39)28-18-16-25(17-19-28)24-6-4-3-5-7-24/h3-21,29-30,33-34H,1-2H3/t29-,30-,33-,34+/m1/s1. The first kappa shape index (κ1) is 23.6. The molecule has 7 rings (SSSR count). The maximum absolute atomic E-state index is 13.9. The van der Waals surface area contributed by atoms with Gasteiger partial charge >= 0.3 is 0 Å². The number of carbonyl (C=O) groups is 2. The molecule has 1 saturated carbocycles. The molecule has 4 aromatic rings. The zero-order valence-corrected chi connectivity index (χ0v) is 22.0. The van der Waals surface area contributed by atoms with Crippen LogP contribution in [0.5, 0.6) is 0 Å². The van der Waals surface area contributed by atoms with E-state index in [0.717, 1.165) is 27.8 Å². The van der Waals surface area contributed by atoms with Gasteiger partial charge in [0.05, 0.1) is 17.5 Å². The molecule has 1 saturated heterocycles. The van der Waals surface area contributed by atoms with E-state index in [9.17, 15) is 9.59 Å². The van der Waals surface area contributed by atoms with Crippen LogP contribution < -0.4 is 4.90 Å². The van der Waals surface area contributed by atoms with Crippen LogP contribution in [0.3, 0.4) is 0 Å². The van der Waals surface area contributed by atoms with Gasteiger partial charge in [-0.05, 0) is 59.4 Å². The first-order valence-corrected chi connectivity index (χ1v) is 13.6. The number of aryl methyl sites for hydroxylation is 2. The Balaban J connectivity index is 1.28. The predicted octanol–water partition coefficient (Wildman–Crippen LogP) is 7.39. The largest absolute Gasteiger partial charge is 0.274 e. The minimum atomic E-state index is -0.359. The summed E-state index contributed by atoms with van der Waals surface area (Å²) >= 11 is 0. The normalized spacial score (nSPS) is 23.0. The van der Waals surface area contributed by atoms with E-state index in [-0.39, 0.29) is 35.5 Å². The van der Waals surface area contributed by atoms with Crippen LogP contribution in [0.1, 0.15) is 22.3 Å². The number of hydrogen-bond acceptors (Lipinski definition) is 2. The number of hydrogen-bond donors (Lipinski definition) is 0. The molecule has 0 radical (unpaired) electrons. The summed E-state index contributed by atoms with van der Waals surface area (Å²) < 4.78 is 0. The van der Waals surface area contributed by atoms with Gasteiger partial charge in [-0.15, -0.1) is 0 Å². The van der Waals surface area contributed by atoms with E-state index in [2.05, 4.69) is 86.7 Å². The first-order chi connectivity index (χ1) is 19.0. The molecule has 0 spiro atoms. The van der Waals surface area contributed by atoms with Crippen molar-refractivity contribution in [2.75, 3.05) is 4.90 Å². The second-order valence-electron chi connectivity index (χ2n) is 11.0. The maximum Gasteiger partial charge on any atom is 0.238 e. The van der Waals surface area contributed by atoms with Gasteiger partial charge in [0.1, 0.15) is 0 Å². The number of allylic oxidation sites excluding steroid dienone is 3. The van der Waals surface area contributed by atoms with Crippen LogP contribution in [0.15, 0.2) is 121 Å². The van der Waals surface area contributed by atoms with Crippen molar-refractivity contribution in [2.45, 2.75) is 13.8 Å². The van der Waals surface area contributed by atoms with Gasteiger partial charge in [0.25, 0.3) is 0 Å². The van der Waals surface area contributed by atoms with Gasteiger partial charge < -0.3 is 0 Å². The van der Waals surface area contributed by atoms with E-state index in [4.69, 9.17) is 0 Å². The number of amides is 2. The molecule has 2 fully saturated rings. The zero-order chi connectivity index (χ0) is 26.7. The Bertz CT molecular complexity index is 1560. The maximum atomic E-state index is 13.9. The molecule has 0 N–H and O–H groups in total. The summed E-state index contributed by atoms with van der Waals surface area (Å²) in [6, 6.07) is 35.1. The smallest absolute Gasteiger partial charge is 0.238 e. The molecule has 1 aliphatic heterocycles. The third-order valence-corrected chi connectivity index (χ3v) is 8.62. The molecule has 2 amide bonds. The van der Waals surface area contributed by atoms with Crippen LogP contribution in [0.2, 0.25) is 0 Å². The molecular formula is C36H29NO2. The summed E-state index contributed by atoms with van der Waals surface area (Å²) in [5, 5.41) is 0.